The lowest BCUT2D eigenvalue weighted by Crippen LogP contribution is -2.52. The van der Waals surface area contributed by atoms with Crippen LogP contribution in [0.15, 0.2) is 77.7 Å². The number of hydrogen-bond acceptors (Lipinski definition) is 4. The van der Waals surface area contributed by atoms with E-state index in [1.54, 1.807) is 55.5 Å². The van der Waals surface area contributed by atoms with Crippen molar-refractivity contribution in [1.29, 1.82) is 0 Å². The van der Waals surface area contributed by atoms with Gasteiger partial charge in [0, 0.05) is 17.6 Å². The topological polar surface area (TPSA) is 86.8 Å². The van der Waals surface area contributed by atoms with Crippen LogP contribution >= 0.6 is 11.6 Å². The Morgan fingerprint density at radius 1 is 0.923 bits per heavy atom. The largest absolute Gasteiger partial charge is 0.352 e. The zero-order valence-electron chi connectivity index (χ0n) is 23.0. The Morgan fingerprint density at radius 2 is 1.56 bits per heavy atom. The molecule has 0 radical (unpaired) electrons. The molecule has 2 amide bonds. The summed E-state index contributed by atoms with van der Waals surface area (Å²) in [5, 5.41) is 3.43. The minimum absolute atomic E-state index is 0.0703. The molecule has 39 heavy (non-hydrogen) atoms. The van der Waals surface area contributed by atoms with Gasteiger partial charge in [-0.3, -0.25) is 13.9 Å². The van der Waals surface area contributed by atoms with Crippen LogP contribution in [0, 0.1) is 13.8 Å². The summed E-state index contributed by atoms with van der Waals surface area (Å²) in [5.74, 6) is -0.830. The fraction of sp³-hybridized carbons (Fsp3) is 0.333. The predicted molar refractivity (Wildman–Crippen MR) is 156 cm³/mol. The first kappa shape index (κ1) is 30.2. The molecular weight excluding hydrogens is 534 g/mol. The minimum atomic E-state index is -4.10. The van der Waals surface area contributed by atoms with Gasteiger partial charge in [-0.1, -0.05) is 54.9 Å². The molecule has 3 aromatic rings. The van der Waals surface area contributed by atoms with Crippen LogP contribution in [0.4, 0.5) is 5.69 Å². The maximum absolute atomic E-state index is 14.0. The van der Waals surface area contributed by atoms with Crippen molar-refractivity contribution in [3.05, 3.63) is 94.5 Å². The number of carbonyl (C=O) groups is 2. The van der Waals surface area contributed by atoms with E-state index >= 15 is 0 Å². The molecule has 0 aliphatic heterocycles. The van der Waals surface area contributed by atoms with E-state index in [0.29, 0.717) is 10.7 Å². The van der Waals surface area contributed by atoms with Gasteiger partial charge in [-0.2, -0.15) is 0 Å². The molecule has 7 nitrogen and oxygen atoms in total. The molecule has 208 valence electrons. The summed E-state index contributed by atoms with van der Waals surface area (Å²) in [6.07, 6.45) is 0.733. The number of aryl methyl sites for hydroxylation is 2. The molecule has 0 bridgehead atoms. The summed E-state index contributed by atoms with van der Waals surface area (Å²) in [7, 11) is -4.10. The average molecular weight is 570 g/mol. The molecule has 2 atom stereocenters. The summed E-state index contributed by atoms with van der Waals surface area (Å²) in [5.41, 5.74) is 2.83. The van der Waals surface area contributed by atoms with Crippen molar-refractivity contribution in [2.24, 2.45) is 0 Å². The Hall–Kier alpha value is -3.36. The van der Waals surface area contributed by atoms with Gasteiger partial charge in [0.2, 0.25) is 11.8 Å². The van der Waals surface area contributed by atoms with E-state index in [2.05, 4.69) is 5.32 Å². The predicted octanol–water partition coefficient (Wildman–Crippen LogP) is 5.48. The van der Waals surface area contributed by atoms with Gasteiger partial charge in [-0.15, -0.1) is 0 Å². The number of anilines is 1. The fourth-order valence-corrected chi connectivity index (χ4v) is 5.86. The maximum Gasteiger partial charge on any atom is 0.264 e. The number of amides is 2. The smallest absolute Gasteiger partial charge is 0.264 e. The SMILES string of the molecule is CC[C@H](C)NC(=O)[C@@H](C)N(Cc1cccc(Cl)c1)C(=O)CN(c1cc(C)cc(C)c1)S(=O)(=O)c1ccccc1. The van der Waals surface area contributed by atoms with Crippen LogP contribution in [0.2, 0.25) is 5.02 Å². The second-order valence-corrected chi connectivity index (χ2v) is 12.1. The number of hydrogen-bond donors (Lipinski definition) is 1. The molecule has 0 aliphatic rings. The van der Waals surface area contributed by atoms with Gasteiger partial charge in [-0.25, -0.2) is 8.42 Å². The monoisotopic (exact) mass is 569 g/mol. The standard InChI is InChI=1S/C30H36ClN3O4S/c1-6-23(4)32-30(36)24(5)33(19-25-11-10-12-26(31)18-25)29(35)20-34(27-16-21(2)15-22(3)17-27)39(37,38)28-13-8-7-9-14-28/h7-18,23-24H,6,19-20H2,1-5H3,(H,32,36)/t23-,24+/m0/s1. The van der Waals surface area contributed by atoms with E-state index in [1.807, 2.05) is 39.8 Å². The van der Waals surface area contributed by atoms with E-state index < -0.39 is 28.5 Å². The molecule has 0 fully saturated rings. The number of carbonyl (C=O) groups excluding carboxylic acids is 2. The van der Waals surface area contributed by atoms with E-state index in [4.69, 9.17) is 11.6 Å². The summed E-state index contributed by atoms with van der Waals surface area (Å²) in [6, 6.07) is 19.5. The summed E-state index contributed by atoms with van der Waals surface area (Å²) < 4.78 is 28.8. The van der Waals surface area contributed by atoms with Crippen LogP contribution in [-0.2, 0) is 26.2 Å². The number of halogens is 1. The third kappa shape index (κ3) is 7.83. The first-order valence-corrected chi connectivity index (χ1v) is 14.7. The molecule has 0 unspecified atom stereocenters. The van der Waals surface area contributed by atoms with E-state index in [9.17, 15) is 18.0 Å². The average Bonchev–Trinajstić information content (AvgIpc) is 2.89. The van der Waals surface area contributed by atoms with Crippen molar-refractivity contribution >= 4 is 39.1 Å². The van der Waals surface area contributed by atoms with Gasteiger partial charge in [0.1, 0.15) is 12.6 Å². The Bertz CT molecular complexity index is 1390. The third-order valence-corrected chi connectivity index (χ3v) is 8.54. The Balaban J connectivity index is 2.05. The molecule has 0 spiro atoms. The van der Waals surface area contributed by atoms with Gasteiger partial charge >= 0.3 is 0 Å². The van der Waals surface area contributed by atoms with Crippen molar-refractivity contribution in [2.45, 2.75) is 64.6 Å². The lowest BCUT2D eigenvalue weighted by atomic mass is 10.1. The third-order valence-electron chi connectivity index (χ3n) is 6.51. The highest BCUT2D eigenvalue weighted by Crippen LogP contribution is 2.27. The van der Waals surface area contributed by atoms with Crippen molar-refractivity contribution in [3.8, 4) is 0 Å². The Labute approximate surface area is 236 Å². The Kier molecular flexibility index (Phi) is 10.2. The van der Waals surface area contributed by atoms with Crippen LogP contribution in [0.1, 0.15) is 43.9 Å². The first-order valence-electron chi connectivity index (χ1n) is 12.9. The lowest BCUT2D eigenvalue weighted by Gasteiger charge is -2.32. The number of rotatable bonds is 11. The fourth-order valence-electron chi connectivity index (χ4n) is 4.22. The van der Waals surface area contributed by atoms with Gasteiger partial charge < -0.3 is 10.2 Å². The number of benzene rings is 3. The second kappa shape index (κ2) is 13.1. The highest BCUT2D eigenvalue weighted by atomic mass is 35.5. The van der Waals surface area contributed by atoms with E-state index in [-0.39, 0.29) is 23.4 Å². The number of sulfonamides is 1. The molecule has 3 aromatic carbocycles. The van der Waals surface area contributed by atoms with Crippen LogP contribution in [-0.4, -0.2) is 43.8 Å². The maximum atomic E-state index is 14.0. The highest BCUT2D eigenvalue weighted by Gasteiger charge is 2.33. The highest BCUT2D eigenvalue weighted by molar-refractivity contribution is 7.92. The van der Waals surface area contributed by atoms with Crippen LogP contribution in [0.5, 0.6) is 0 Å². The molecule has 0 saturated heterocycles. The van der Waals surface area contributed by atoms with Crippen LogP contribution < -0.4 is 9.62 Å². The van der Waals surface area contributed by atoms with E-state index in [0.717, 1.165) is 27.4 Å². The number of nitrogens with one attached hydrogen (secondary N) is 1. The summed E-state index contributed by atoms with van der Waals surface area (Å²) in [4.78, 5) is 28.6. The molecule has 0 aromatic heterocycles. The zero-order valence-corrected chi connectivity index (χ0v) is 24.6. The number of nitrogens with zero attached hydrogens (tertiary/aromatic N) is 2. The Morgan fingerprint density at radius 3 is 2.15 bits per heavy atom. The van der Waals surface area contributed by atoms with Gasteiger partial charge in [0.25, 0.3) is 10.0 Å². The van der Waals surface area contributed by atoms with Gasteiger partial charge in [0.05, 0.1) is 10.6 Å². The summed E-state index contributed by atoms with van der Waals surface area (Å²) >= 11 is 6.19. The van der Waals surface area contributed by atoms with Crippen molar-refractivity contribution in [1.82, 2.24) is 10.2 Å². The van der Waals surface area contributed by atoms with Crippen LogP contribution in [0.3, 0.4) is 0 Å². The van der Waals surface area contributed by atoms with Crippen molar-refractivity contribution < 1.29 is 18.0 Å². The molecule has 0 heterocycles. The first-order chi connectivity index (χ1) is 18.4. The van der Waals surface area contributed by atoms with Crippen molar-refractivity contribution in [3.63, 3.8) is 0 Å². The molecule has 0 saturated carbocycles. The molecule has 1 N–H and O–H groups in total. The van der Waals surface area contributed by atoms with Crippen LogP contribution in [0.25, 0.3) is 0 Å². The lowest BCUT2D eigenvalue weighted by molar-refractivity contribution is -0.139. The molecule has 9 heteroatoms. The zero-order chi connectivity index (χ0) is 28.7. The molecule has 3 rings (SSSR count). The second-order valence-electron chi connectivity index (χ2n) is 9.82. The van der Waals surface area contributed by atoms with Crippen molar-refractivity contribution in [2.75, 3.05) is 10.8 Å². The van der Waals surface area contributed by atoms with Gasteiger partial charge in [0.15, 0.2) is 0 Å². The summed E-state index contributed by atoms with van der Waals surface area (Å²) in [6.45, 7) is 8.84. The minimum Gasteiger partial charge on any atom is -0.352 e. The normalized spacial score (nSPS) is 12.9. The van der Waals surface area contributed by atoms with Gasteiger partial charge in [-0.05, 0) is 87.2 Å². The molecular formula is C30H36ClN3O4S. The molecule has 0 aliphatic carbocycles. The quantitative estimate of drug-likeness (QED) is 0.331. The van der Waals surface area contributed by atoms with E-state index in [1.165, 1.54) is 17.0 Å².